The molecule has 2 aromatic rings. The number of anilines is 1. The predicted octanol–water partition coefficient (Wildman–Crippen LogP) is 3.75. The molecule has 0 atom stereocenters. The molecule has 0 fully saturated rings. The first kappa shape index (κ1) is 13.6. The molecule has 2 aromatic carbocycles. The lowest BCUT2D eigenvalue weighted by molar-refractivity contribution is -0.115. The van der Waals surface area contributed by atoms with Gasteiger partial charge in [0.1, 0.15) is 5.82 Å². The molecule has 0 saturated carbocycles. The Bertz CT molecular complexity index is 586. The van der Waals surface area contributed by atoms with Crippen molar-refractivity contribution in [2.45, 2.75) is 12.3 Å². The van der Waals surface area contributed by atoms with Gasteiger partial charge in [0.05, 0.1) is 6.42 Å². The number of hydrogen-bond donors (Lipinski definition) is 1. The second-order valence-corrected chi connectivity index (χ2v) is 4.37. The average Bonchev–Trinajstić information content (AvgIpc) is 2.42. The Morgan fingerprint density at radius 3 is 2.37 bits per heavy atom. The maximum Gasteiger partial charge on any atom is 0.228 e. The second kappa shape index (κ2) is 6.34. The molecule has 1 N–H and O–H groups in total. The summed E-state index contributed by atoms with van der Waals surface area (Å²) >= 11 is 5.79. The topological polar surface area (TPSA) is 29.1 Å². The maximum atomic E-state index is 13.4. The van der Waals surface area contributed by atoms with Crippen molar-refractivity contribution in [2.24, 2.45) is 0 Å². The van der Waals surface area contributed by atoms with E-state index >= 15 is 0 Å². The third-order valence-corrected chi connectivity index (χ3v) is 3.03. The second-order valence-electron chi connectivity index (χ2n) is 4.11. The highest BCUT2D eigenvalue weighted by Gasteiger charge is 2.09. The Kier molecular flexibility index (Phi) is 4.53. The molecule has 0 bridgehead atoms. The number of nitrogens with one attached hydrogen (secondary N) is 1. The number of hydrogen-bond acceptors (Lipinski definition) is 1. The molecule has 4 heteroatoms. The number of para-hydroxylation sites is 1. The highest BCUT2D eigenvalue weighted by Crippen LogP contribution is 2.17. The lowest BCUT2D eigenvalue weighted by Gasteiger charge is -2.09. The van der Waals surface area contributed by atoms with E-state index in [1.54, 1.807) is 24.3 Å². The van der Waals surface area contributed by atoms with Gasteiger partial charge in [-0.05, 0) is 23.3 Å². The fourth-order valence-corrected chi connectivity index (χ4v) is 2.00. The minimum atomic E-state index is -0.372. The van der Waals surface area contributed by atoms with Crippen LogP contribution in [0.5, 0.6) is 0 Å². The summed E-state index contributed by atoms with van der Waals surface area (Å²) in [6.07, 6.45) is 0.00327. The summed E-state index contributed by atoms with van der Waals surface area (Å²) < 4.78 is 13.4. The van der Waals surface area contributed by atoms with Crippen molar-refractivity contribution >= 4 is 23.2 Å². The summed E-state index contributed by atoms with van der Waals surface area (Å²) in [7, 11) is 0. The molecule has 2 rings (SSSR count). The van der Waals surface area contributed by atoms with Gasteiger partial charge in [0, 0.05) is 11.6 Å². The Hall–Kier alpha value is -1.87. The third-order valence-electron chi connectivity index (χ3n) is 2.74. The van der Waals surface area contributed by atoms with Crippen molar-refractivity contribution in [1.29, 1.82) is 0 Å². The standard InChI is InChI=1S/C15H13ClFNO/c16-10-12-6-2-4-8-14(12)18-15(19)9-11-5-1-3-7-13(11)17/h1-8H,9-10H2,(H,18,19). The first-order valence-electron chi connectivity index (χ1n) is 5.88. The lowest BCUT2D eigenvalue weighted by Crippen LogP contribution is -2.16. The molecule has 0 aliphatic carbocycles. The van der Waals surface area contributed by atoms with E-state index < -0.39 is 0 Å². The van der Waals surface area contributed by atoms with E-state index in [9.17, 15) is 9.18 Å². The van der Waals surface area contributed by atoms with Gasteiger partial charge in [-0.15, -0.1) is 11.6 Å². The molecule has 0 aromatic heterocycles. The van der Waals surface area contributed by atoms with E-state index in [0.717, 1.165) is 5.56 Å². The molecule has 2 nitrogen and oxygen atoms in total. The number of alkyl halides is 1. The molecular weight excluding hydrogens is 265 g/mol. The van der Waals surface area contributed by atoms with Crippen molar-refractivity contribution in [3.05, 3.63) is 65.5 Å². The van der Waals surface area contributed by atoms with E-state index in [2.05, 4.69) is 5.32 Å². The molecule has 0 radical (unpaired) electrons. The molecule has 0 saturated heterocycles. The Balaban J connectivity index is 2.08. The smallest absolute Gasteiger partial charge is 0.228 e. The van der Waals surface area contributed by atoms with Gasteiger partial charge in [0.15, 0.2) is 0 Å². The number of benzene rings is 2. The van der Waals surface area contributed by atoms with Crippen LogP contribution in [0.25, 0.3) is 0 Å². The van der Waals surface area contributed by atoms with Crippen LogP contribution in [-0.4, -0.2) is 5.91 Å². The van der Waals surface area contributed by atoms with Gasteiger partial charge in [0.25, 0.3) is 0 Å². The largest absolute Gasteiger partial charge is 0.326 e. The van der Waals surface area contributed by atoms with Gasteiger partial charge in [-0.25, -0.2) is 4.39 Å². The van der Waals surface area contributed by atoms with Crippen molar-refractivity contribution in [1.82, 2.24) is 0 Å². The molecule has 1 amide bonds. The van der Waals surface area contributed by atoms with E-state index in [1.807, 2.05) is 18.2 Å². The molecule has 0 heterocycles. The van der Waals surface area contributed by atoms with Crippen LogP contribution >= 0.6 is 11.6 Å². The minimum absolute atomic E-state index is 0.00327. The van der Waals surface area contributed by atoms with E-state index in [4.69, 9.17) is 11.6 Å². The minimum Gasteiger partial charge on any atom is -0.326 e. The molecule has 0 aliphatic rings. The summed E-state index contributed by atoms with van der Waals surface area (Å²) in [6, 6.07) is 13.5. The van der Waals surface area contributed by atoms with Crippen LogP contribution in [0.3, 0.4) is 0 Å². The molecule has 98 valence electrons. The van der Waals surface area contributed by atoms with Gasteiger partial charge in [-0.2, -0.15) is 0 Å². The summed E-state index contributed by atoms with van der Waals surface area (Å²) in [5, 5.41) is 2.75. The normalized spacial score (nSPS) is 10.2. The number of halogens is 2. The van der Waals surface area contributed by atoms with Crippen LogP contribution in [0.15, 0.2) is 48.5 Å². The van der Waals surface area contributed by atoms with E-state index in [0.29, 0.717) is 17.1 Å². The Labute approximate surface area is 116 Å². The monoisotopic (exact) mass is 277 g/mol. The Morgan fingerprint density at radius 2 is 1.68 bits per heavy atom. The van der Waals surface area contributed by atoms with Gasteiger partial charge < -0.3 is 5.32 Å². The number of carbonyl (C=O) groups is 1. The van der Waals surface area contributed by atoms with Crippen LogP contribution < -0.4 is 5.32 Å². The van der Waals surface area contributed by atoms with Crippen LogP contribution in [0.1, 0.15) is 11.1 Å². The SMILES string of the molecule is O=C(Cc1ccccc1F)Nc1ccccc1CCl. The summed E-state index contributed by atoms with van der Waals surface area (Å²) in [6.45, 7) is 0. The molecule has 0 unspecified atom stereocenters. The zero-order valence-electron chi connectivity index (χ0n) is 10.2. The summed E-state index contributed by atoms with van der Waals surface area (Å²) in [4.78, 5) is 11.9. The molecular formula is C15H13ClFNO. The van der Waals surface area contributed by atoms with Gasteiger partial charge >= 0.3 is 0 Å². The first-order chi connectivity index (χ1) is 9.20. The number of carbonyl (C=O) groups excluding carboxylic acids is 1. The summed E-state index contributed by atoms with van der Waals surface area (Å²) in [5.41, 5.74) is 1.88. The van der Waals surface area contributed by atoms with Crippen LogP contribution in [0.2, 0.25) is 0 Å². The average molecular weight is 278 g/mol. The first-order valence-corrected chi connectivity index (χ1v) is 6.41. The number of amides is 1. The highest BCUT2D eigenvalue weighted by molar-refractivity contribution is 6.17. The molecule has 0 spiro atoms. The Morgan fingerprint density at radius 1 is 1.05 bits per heavy atom. The van der Waals surface area contributed by atoms with Crippen LogP contribution in [0.4, 0.5) is 10.1 Å². The zero-order chi connectivity index (χ0) is 13.7. The molecule has 19 heavy (non-hydrogen) atoms. The van der Waals surface area contributed by atoms with Crippen LogP contribution in [-0.2, 0) is 17.1 Å². The van der Waals surface area contributed by atoms with Gasteiger partial charge in [-0.1, -0.05) is 36.4 Å². The zero-order valence-corrected chi connectivity index (χ0v) is 11.0. The number of rotatable bonds is 4. The van der Waals surface area contributed by atoms with Gasteiger partial charge in [0.2, 0.25) is 5.91 Å². The fraction of sp³-hybridized carbons (Fsp3) is 0.133. The lowest BCUT2D eigenvalue weighted by atomic mass is 10.1. The summed E-state index contributed by atoms with van der Waals surface area (Å²) in [5.74, 6) is -0.318. The quantitative estimate of drug-likeness (QED) is 0.848. The van der Waals surface area contributed by atoms with Crippen molar-refractivity contribution < 1.29 is 9.18 Å². The van der Waals surface area contributed by atoms with Crippen molar-refractivity contribution in [3.8, 4) is 0 Å². The predicted molar refractivity (Wildman–Crippen MR) is 74.7 cm³/mol. The maximum absolute atomic E-state index is 13.4. The third kappa shape index (κ3) is 3.55. The van der Waals surface area contributed by atoms with Crippen molar-refractivity contribution in [3.63, 3.8) is 0 Å². The van der Waals surface area contributed by atoms with E-state index in [1.165, 1.54) is 6.07 Å². The molecule has 0 aliphatic heterocycles. The van der Waals surface area contributed by atoms with Gasteiger partial charge in [-0.3, -0.25) is 4.79 Å². The van der Waals surface area contributed by atoms with Crippen LogP contribution in [0, 0.1) is 5.82 Å². The van der Waals surface area contributed by atoms with Crippen molar-refractivity contribution in [2.75, 3.05) is 5.32 Å². The fourth-order valence-electron chi connectivity index (χ4n) is 1.77. The van der Waals surface area contributed by atoms with E-state index in [-0.39, 0.29) is 18.1 Å². The highest BCUT2D eigenvalue weighted by atomic mass is 35.5.